The number of ether oxygens (including phenoxy) is 1. The lowest BCUT2D eigenvalue weighted by atomic mass is 10.0. The summed E-state index contributed by atoms with van der Waals surface area (Å²) in [6, 6.07) is 16.1. The smallest absolute Gasteiger partial charge is 0.322 e. The number of amides is 2. The average molecular weight is 338 g/mol. The van der Waals surface area contributed by atoms with Crippen LogP contribution >= 0.6 is 0 Å². The summed E-state index contributed by atoms with van der Waals surface area (Å²) in [6.07, 6.45) is 4.35. The molecule has 132 valence electrons. The monoisotopic (exact) mass is 338 g/mol. The molecule has 4 heteroatoms. The zero-order chi connectivity index (χ0) is 17.6. The van der Waals surface area contributed by atoms with Gasteiger partial charge in [-0.15, -0.1) is 0 Å². The van der Waals surface area contributed by atoms with Gasteiger partial charge in [0.05, 0.1) is 13.2 Å². The molecule has 0 saturated carbocycles. The normalized spacial score (nSPS) is 17.7. The third-order valence-electron chi connectivity index (χ3n) is 4.78. The zero-order valence-electron chi connectivity index (χ0n) is 15.0. The molecule has 1 aliphatic rings. The van der Waals surface area contributed by atoms with Gasteiger partial charge in [0, 0.05) is 12.2 Å². The Morgan fingerprint density at radius 2 is 1.92 bits per heavy atom. The number of carbonyl (C=O) groups is 1. The standard InChI is InChI=1S/C21H26N2O2/c1-16-7-6-8-18(15-16)22-21(24)23-14-5-3-4-9-20(23)17-10-12-19(25-2)13-11-17/h6-8,10-13,15,20H,3-5,9,14H2,1-2H3,(H,22,24)/t20-/m0/s1. The summed E-state index contributed by atoms with van der Waals surface area (Å²) in [4.78, 5) is 14.9. The van der Waals surface area contributed by atoms with Gasteiger partial charge in [-0.25, -0.2) is 4.79 Å². The number of hydrogen-bond donors (Lipinski definition) is 1. The maximum absolute atomic E-state index is 12.9. The van der Waals surface area contributed by atoms with Crippen molar-refractivity contribution in [3.63, 3.8) is 0 Å². The summed E-state index contributed by atoms with van der Waals surface area (Å²) in [7, 11) is 1.67. The lowest BCUT2D eigenvalue weighted by Gasteiger charge is -2.30. The lowest BCUT2D eigenvalue weighted by Crippen LogP contribution is -2.38. The van der Waals surface area contributed by atoms with Crippen LogP contribution in [0.3, 0.4) is 0 Å². The van der Waals surface area contributed by atoms with Crippen molar-refractivity contribution in [2.24, 2.45) is 0 Å². The number of nitrogens with zero attached hydrogens (tertiary/aromatic N) is 1. The van der Waals surface area contributed by atoms with Crippen LogP contribution in [-0.4, -0.2) is 24.6 Å². The van der Waals surface area contributed by atoms with Crippen LogP contribution in [0.1, 0.15) is 42.9 Å². The fourth-order valence-electron chi connectivity index (χ4n) is 3.44. The van der Waals surface area contributed by atoms with E-state index in [2.05, 4.69) is 17.4 Å². The molecule has 0 radical (unpaired) electrons. The predicted molar refractivity (Wildman–Crippen MR) is 101 cm³/mol. The predicted octanol–water partition coefficient (Wildman–Crippen LogP) is 5.15. The van der Waals surface area contributed by atoms with Gasteiger partial charge in [0.25, 0.3) is 0 Å². The fraction of sp³-hybridized carbons (Fsp3) is 0.381. The molecular formula is C21H26N2O2. The first-order chi connectivity index (χ1) is 12.2. The van der Waals surface area contributed by atoms with Gasteiger partial charge >= 0.3 is 6.03 Å². The van der Waals surface area contributed by atoms with Crippen LogP contribution < -0.4 is 10.1 Å². The molecule has 4 nitrogen and oxygen atoms in total. The molecule has 1 fully saturated rings. The number of hydrogen-bond acceptors (Lipinski definition) is 2. The van der Waals surface area contributed by atoms with Gasteiger partial charge in [-0.2, -0.15) is 0 Å². The molecule has 0 spiro atoms. The van der Waals surface area contributed by atoms with Crippen molar-refractivity contribution in [2.75, 3.05) is 19.0 Å². The first kappa shape index (κ1) is 17.3. The number of nitrogens with one attached hydrogen (secondary N) is 1. The van der Waals surface area contributed by atoms with Crippen molar-refractivity contribution >= 4 is 11.7 Å². The van der Waals surface area contributed by atoms with E-state index in [9.17, 15) is 4.79 Å². The van der Waals surface area contributed by atoms with E-state index < -0.39 is 0 Å². The molecule has 1 saturated heterocycles. The molecule has 1 atom stereocenters. The largest absolute Gasteiger partial charge is 0.497 e. The summed E-state index contributed by atoms with van der Waals surface area (Å²) in [6.45, 7) is 2.82. The summed E-state index contributed by atoms with van der Waals surface area (Å²) in [5.74, 6) is 0.841. The number of likely N-dealkylation sites (tertiary alicyclic amines) is 1. The fourth-order valence-corrected chi connectivity index (χ4v) is 3.44. The summed E-state index contributed by atoms with van der Waals surface area (Å²) >= 11 is 0. The van der Waals surface area contributed by atoms with Crippen molar-refractivity contribution in [3.05, 3.63) is 59.7 Å². The molecule has 0 aliphatic carbocycles. The maximum atomic E-state index is 12.9. The second kappa shape index (κ2) is 8.06. The van der Waals surface area contributed by atoms with E-state index in [-0.39, 0.29) is 12.1 Å². The minimum absolute atomic E-state index is 0.0201. The van der Waals surface area contributed by atoms with Crippen molar-refractivity contribution in [1.82, 2.24) is 4.90 Å². The number of anilines is 1. The Bertz CT molecular complexity index is 712. The van der Waals surface area contributed by atoms with Gasteiger partial charge in [-0.3, -0.25) is 0 Å². The van der Waals surface area contributed by atoms with Crippen molar-refractivity contribution in [3.8, 4) is 5.75 Å². The van der Waals surface area contributed by atoms with Crippen molar-refractivity contribution in [1.29, 1.82) is 0 Å². The molecule has 25 heavy (non-hydrogen) atoms. The second-order valence-corrected chi connectivity index (χ2v) is 6.63. The Kier molecular flexibility index (Phi) is 5.59. The molecule has 1 N–H and O–H groups in total. The summed E-state index contributed by atoms with van der Waals surface area (Å²) in [5.41, 5.74) is 3.16. The zero-order valence-corrected chi connectivity index (χ0v) is 15.0. The number of urea groups is 1. The Morgan fingerprint density at radius 1 is 1.12 bits per heavy atom. The number of rotatable bonds is 3. The van der Waals surface area contributed by atoms with Crippen LogP contribution in [0.25, 0.3) is 0 Å². The van der Waals surface area contributed by atoms with Crippen molar-refractivity contribution in [2.45, 2.75) is 38.6 Å². The van der Waals surface area contributed by atoms with Gasteiger partial charge in [0.15, 0.2) is 0 Å². The Balaban J connectivity index is 1.80. The molecule has 3 rings (SSSR count). The third-order valence-corrected chi connectivity index (χ3v) is 4.78. The third kappa shape index (κ3) is 4.32. The highest BCUT2D eigenvalue weighted by molar-refractivity contribution is 5.89. The highest BCUT2D eigenvalue weighted by atomic mass is 16.5. The van der Waals surface area contributed by atoms with Crippen LogP contribution in [0.4, 0.5) is 10.5 Å². The topological polar surface area (TPSA) is 41.6 Å². The highest BCUT2D eigenvalue weighted by Crippen LogP contribution is 2.31. The van der Waals surface area contributed by atoms with Crippen molar-refractivity contribution < 1.29 is 9.53 Å². The van der Waals surface area contributed by atoms with Crippen LogP contribution in [0.15, 0.2) is 48.5 Å². The molecule has 2 aromatic rings. The molecule has 0 aromatic heterocycles. The molecule has 1 heterocycles. The molecule has 1 aliphatic heterocycles. The quantitative estimate of drug-likeness (QED) is 0.840. The highest BCUT2D eigenvalue weighted by Gasteiger charge is 2.26. The van der Waals surface area contributed by atoms with E-state index in [0.29, 0.717) is 0 Å². The molecular weight excluding hydrogens is 312 g/mol. The summed E-state index contributed by atoms with van der Waals surface area (Å²) in [5, 5.41) is 3.06. The van der Waals surface area contributed by atoms with E-state index >= 15 is 0 Å². The molecule has 0 unspecified atom stereocenters. The van der Waals surface area contributed by atoms with E-state index in [1.165, 1.54) is 12.0 Å². The van der Waals surface area contributed by atoms with Gasteiger partial charge in [0.1, 0.15) is 5.75 Å². The minimum Gasteiger partial charge on any atom is -0.497 e. The van der Waals surface area contributed by atoms with Gasteiger partial charge in [-0.1, -0.05) is 37.1 Å². The molecule has 2 aromatic carbocycles. The first-order valence-corrected chi connectivity index (χ1v) is 8.95. The minimum atomic E-state index is -0.0201. The van der Waals surface area contributed by atoms with Crippen LogP contribution in [0, 0.1) is 6.92 Å². The number of benzene rings is 2. The van der Waals surface area contributed by atoms with E-state index in [1.54, 1.807) is 7.11 Å². The first-order valence-electron chi connectivity index (χ1n) is 8.95. The second-order valence-electron chi connectivity index (χ2n) is 6.63. The van der Waals surface area contributed by atoms with Crippen LogP contribution in [0.5, 0.6) is 5.75 Å². The van der Waals surface area contributed by atoms with Gasteiger partial charge in [-0.05, 0) is 55.2 Å². The van der Waals surface area contributed by atoms with E-state index in [4.69, 9.17) is 4.74 Å². The van der Waals surface area contributed by atoms with Gasteiger partial charge < -0.3 is 15.0 Å². The SMILES string of the molecule is COc1ccc([C@@H]2CCCCCN2C(=O)Nc2cccc(C)c2)cc1. The molecule has 2 amide bonds. The Labute approximate surface area is 149 Å². The van der Waals surface area contributed by atoms with Gasteiger partial charge in [0.2, 0.25) is 0 Å². The van der Waals surface area contributed by atoms with E-state index in [0.717, 1.165) is 42.8 Å². The number of methoxy groups -OCH3 is 1. The Hall–Kier alpha value is -2.49. The molecule has 0 bridgehead atoms. The van der Waals surface area contributed by atoms with Crippen LogP contribution in [0.2, 0.25) is 0 Å². The summed E-state index contributed by atoms with van der Waals surface area (Å²) < 4.78 is 5.25. The number of carbonyl (C=O) groups excluding carboxylic acids is 1. The van der Waals surface area contributed by atoms with Crippen LogP contribution in [-0.2, 0) is 0 Å². The maximum Gasteiger partial charge on any atom is 0.322 e. The average Bonchev–Trinajstić information content (AvgIpc) is 2.88. The lowest BCUT2D eigenvalue weighted by molar-refractivity contribution is 0.189. The number of aryl methyl sites for hydroxylation is 1. The Morgan fingerprint density at radius 3 is 2.64 bits per heavy atom. The van der Waals surface area contributed by atoms with E-state index in [1.807, 2.05) is 48.2 Å².